The Labute approximate surface area is 171 Å². The summed E-state index contributed by atoms with van der Waals surface area (Å²) in [6, 6.07) is 12.9. The zero-order chi connectivity index (χ0) is 20.3. The third-order valence-corrected chi connectivity index (χ3v) is 4.74. The molecule has 144 valence electrons. The van der Waals surface area contributed by atoms with E-state index in [2.05, 4.69) is 10.6 Å². The number of nitrogens with zero attached hydrogens (tertiary/aromatic N) is 1. The van der Waals surface area contributed by atoms with Gasteiger partial charge in [0.05, 0.1) is 16.5 Å². The zero-order valence-electron chi connectivity index (χ0n) is 14.8. The SMILES string of the molecule is CC1=C(C(=O)OCc2ccccc2)[C@H](c2ccc(Cl)c([N+](=O)[O-])c2)NC(=S)N1. The summed E-state index contributed by atoms with van der Waals surface area (Å²) in [6.45, 7) is 1.80. The van der Waals surface area contributed by atoms with E-state index in [1.165, 1.54) is 12.1 Å². The molecular weight excluding hydrogens is 402 g/mol. The summed E-state index contributed by atoms with van der Waals surface area (Å²) < 4.78 is 5.45. The van der Waals surface area contributed by atoms with E-state index in [4.69, 9.17) is 28.6 Å². The Hall–Kier alpha value is -2.97. The van der Waals surface area contributed by atoms with Gasteiger partial charge in [0, 0.05) is 11.8 Å². The lowest BCUT2D eigenvalue weighted by Crippen LogP contribution is -2.45. The van der Waals surface area contributed by atoms with Crippen molar-refractivity contribution >= 4 is 40.6 Å². The molecule has 1 atom stereocenters. The maximum absolute atomic E-state index is 12.8. The van der Waals surface area contributed by atoms with Gasteiger partial charge in [-0.15, -0.1) is 0 Å². The lowest BCUT2D eigenvalue weighted by molar-refractivity contribution is -0.384. The number of halogens is 1. The molecule has 1 aliphatic rings. The molecular formula is C19H16ClN3O4S. The molecule has 1 aliphatic heterocycles. The van der Waals surface area contributed by atoms with Crippen molar-refractivity contribution in [3.05, 3.63) is 86.1 Å². The van der Waals surface area contributed by atoms with Crippen molar-refractivity contribution in [3.8, 4) is 0 Å². The lowest BCUT2D eigenvalue weighted by atomic mass is 9.95. The smallest absolute Gasteiger partial charge is 0.338 e. The number of nitrogens with one attached hydrogen (secondary N) is 2. The number of ether oxygens (including phenoxy) is 1. The van der Waals surface area contributed by atoms with Crippen molar-refractivity contribution in [3.63, 3.8) is 0 Å². The first-order chi connectivity index (χ1) is 13.4. The highest BCUT2D eigenvalue weighted by atomic mass is 35.5. The van der Waals surface area contributed by atoms with Crippen molar-refractivity contribution in [1.82, 2.24) is 10.6 Å². The number of esters is 1. The fourth-order valence-electron chi connectivity index (χ4n) is 2.86. The van der Waals surface area contributed by atoms with Gasteiger partial charge in [-0.3, -0.25) is 10.1 Å². The first kappa shape index (κ1) is 19.8. The van der Waals surface area contributed by atoms with E-state index in [9.17, 15) is 14.9 Å². The van der Waals surface area contributed by atoms with Crippen LogP contribution in [0.25, 0.3) is 0 Å². The number of hydrogen-bond acceptors (Lipinski definition) is 5. The highest BCUT2D eigenvalue weighted by molar-refractivity contribution is 7.80. The van der Waals surface area contributed by atoms with Crippen molar-refractivity contribution in [1.29, 1.82) is 0 Å². The maximum atomic E-state index is 12.8. The second-order valence-electron chi connectivity index (χ2n) is 6.10. The molecule has 0 unspecified atom stereocenters. The first-order valence-corrected chi connectivity index (χ1v) is 9.08. The number of nitro benzene ring substituents is 1. The number of carbonyl (C=O) groups is 1. The van der Waals surface area contributed by atoms with Crippen molar-refractivity contribution in [2.24, 2.45) is 0 Å². The Bertz CT molecular complexity index is 978. The van der Waals surface area contributed by atoms with Gasteiger partial charge in [-0.1, -0.05) is 48.0 Å². The van der Waals surface area contributed by atoms with E-state index in [1.807, 2.05) is 30.3 Å². The average molecular weight is 418 g/mol. The van der Waals surface area contributed by atoms with Gasteiger partial charge in [0.25, 0.3) is 5.69 Å². The van der Waals surface area contributed by atoms with E-state index in [-0.39, 0.29) is 17.3 Å². The van der Waals surface area contributed by atoms with Crippen LogP contribution in [0.2, 0.25) is 5.02 Å². The standard InChI is InChI=1S/C19H16ClN3O4S/c1-11-16(18(24)27-10-12-5-3-2-4-6-12)17(22-19(28)21-11)13-7-8-14(20)15(9-13)23(25)26/h2-9,17H,10H2,1H3,(H2,21,22,28)/t17-/m0/s1. The Balaban J connectivity index is 1.91. The Morgan fingerprint density at radius 2 is 2.00 bits per heavy atom. The molecule has 2 N–H and O–H groups in total. The van der Waals surface area contributed by atoms with Crippen LogP contribution in [0, 0.1) is 10.1 Å². The second kappa shape index (κ2) is 8.37. The summed E-state index contributed by atoms with van der Waals surface area (Å²) in [7, 11) is 0. The molecule has 0 bridgehead atoms. The Kier molecular flexibility index (Phi) is 5.91. The van der Waals surface area contributed by atoms with Gasteiger partial charge >= 0.3 is 5.97 Å². The molecule has 0 saturated heterocycles. The number of carbonyl (C=O) groups excluding carboxylic acids is 1. The van der Waals surface area contributed by atoms with Crippen molar-refractivity contribution in [2.75, 3.05) is 0 Å². The van der Waals surface area contributed by atoms with Crippen LogP contribution in [-0.4, -0.2) is 16.0 Å². The summed E-state index contributed by atoms with van der Waals surface area (Å²) in [5.41, 5.74) is 1.89. The topological polar surface area (TPSA) is 93.5 Å². The summed E-state index contributed by atoms with van der Waals surface area (Å²) in [5.74, 6) is -0.550. The fraction of sp³-hybridized carbons (Fsp3) is 0.158. The predicted molar refractivity (Wildman–Crippen MR) is 109 cm³/mol. The van der Waals surface area contributed by atoms with Crippen LogP contribution in [0.3, 0.4) is 0 Å². The normalized spacial score (nSPS) is 16.2. The monoisotopic (exact) mass is 417 g/mol. The van der Waals surface area contributed by atoms with Crippen molar-refractivity contribution in [2.45, 2.75) is 19.6 Å². The zero-order valence-corrected chi connectivity index (χ0v) is 16.3. The number of hydrogen-bond donors (Lipinski definition) is 2. The van der Waals surface area contributed by atoms with Crippen LogP contribution in [0.15, 0.2) is 59.8 Å². The summed E-state index contributed by atoms with van der Waals surface area (Å²) >= 11 is 11.1. The van der Waals surface area contributed by atoms with Gasteiger partial charge in [0.15, 0.2) is 5.11 Å². The Morgan fingerprint density at radius 1 is 1.29 bits per heavy atom. The molecule has 1 heterocycles. The van der Waals surface area contributed by atoms with Gasteiger partial charge in [-0.2, -0.15) is 0 Å². The minimum Gasteiger partial charge on any atom is -0.457 e. The molecule has 0 aromatic heterocycles. The predicted octanol–water partition coefficient (Wildman–Crippen LogP) is 3.78. The van der Waals surface area contributed by atoms with Gasteiger partial charge in [0.1, 0.15) is 11.6 Å². The quantitative estimate of drug-likeness (QED) is 0.331. The van der Waals surface area contributed by atoms with Crippen LogP contribution in [0.1, 0.15) is 24.1 Å². The van der Waals surface area contributed by atoms with E-state index in [0.717, 1.165) is 5.56 Å². The molecule has 2 aromatic rings. The molecule has 3 rings (SSSR count). The van der Waals surface area contributed by atoms with E-state index in [1.54, 1.807) is 13.0 Å². The molecule has 0 saturated carbocycles. The third-order valence-electron chi connectivity index (χ3n) is 4.20. The van der Waals surface area contributed by atoms with Crippen LogP contribution in [-0.2, 0) is 16.1 Å². The molecule has 7 nitrogen and oxygen atoms in total. The molecule has 0 aliphatic carbocycles. The number of allylic oxidation sites excluding steroid dienone is 1. The third kappa shape index (κ3) is 4.29. The van der Waals surface area contributed by atoms with Crippen LogP contribution in [0.5, 0.6) is 0 Å². The molecule has 0 amide bonds. The number of thiocarbonyl (C=S) groups is 1. The first-order valence-electron chi connectivity index (χ1n) is 8.30. The molecule has 0 fully saturated rings. The number of rotatable bonds is 5. The minimum absolute atomic E-state index is 0.0131. The van der Waals surface area contributed by atoms with Gasteiger partial charge in [-0.25, -0.2) is 4.79 Å². The van der Waals surface area contributed by atoms with E-state index < -0.39 is 16.9 Å². The van der Waals surface area contributed by atoms with Crippen LogP contribution >= 0.6 is 23.8 Å². The maximum Gasteiger partial charge on any atom is 0.338 e. The van der Waals surface area contributed by atoms with Gasteiger partial charge in [-0.05, 0) is 36.3 Å². The number of nitro groups is 1. The molecule has 28 heavy (non-hydrogen) atoms. The van der Waals surface area contributed by atoms with Crippen LogP contribution in [0.4, 0.5) is 5.69 Å². The summed E-state index contributed by atoms with van der Waals surface area (Å²) in [6.07, 6.45) is 0. The van der Waals surface area contributed by atoms with Crippen LogP contribution < -0.4 is 10.6 Å². The molecule has 2 aromatic carbocycles. The fourth-order valence-corrected chi connectivity index (χ4v) is 3.32. The number of benzene rings is 2. The van der Waals surface area contributed by atoms with E-state index in [0.29, 0.717) is 21.9 Å². The lowest BCUT2D eigenvalue weighted by Gasteiger charge is -2.29. The summed E-state index contributed by atoms with van der Waals surface area (Å²) in [5, 5.41) is 17.4. The Morgan fingerprint density at radius 3 is 2.68 bits per heavy atom. The van der Waals surface area contributed by atoms with E-state index >= 15 is 0 Å². The second-order valence-corrected chi connectivity index (χ2v) is 6.92. The summed E-state index contributed by atoms with van der Waals surface area (Å²) in [4.78, 5) is 23.4. The van der Waals surface area contributed by atoms with Gasteiger partial charge in [0.2, 0.25) is 0 Å². The molecule has 0 radical (unpaired) electrons. The van der Waals surface area contributed by atoms with Gasteiger partial charge < -0.3 is 15.4 Å². The molecule has 0 spiro atoms. The molecule has 9 heteroatoms. The average Bonchev–Trinajstić information content (AvgIpc) is 2.66. The highest BCUT2D eigenvalue weighted by Crippen LogP contribution is 2.33. The largest absolute Gasteiger partial charge is 0.457 e. The highest BCUT2D eigenvalue weighted by Gasteiger charge is 2.32. The minimum atomic E-state index is -0.701. The van der Waals surface area contributed by atoms with Crippen molar-refractivity contribution < 1.29 is 14.5 Å².